The van der Waals surface area contributed by atoms with Crippen LogP contribution in [0.25, 0.3) is 0 Å². The molecule has 0 aromatic rings. The number of hydrogen-bond donors (Lipinski definition) is 0. The molecule has 0 aromatic heterocycles. The minimum Gasteiger partial charge on any atom is -0.348 e. The van der Waals surface area contributed by atoms with Gasteiger partial charge in [-0.3, -0.25) is 4.79 Å². The molecule has 1 amide bonds. The average molecular weight is 153 g/mol. The third-order valence-electron chi connectivity index (χ3n) is 1.38. The van der Waals surface area contributed by atoms with E-state index >= 15 is 0 Å². The van der Waals surface area contributed by atoms with Crippen LogP contribution >= 0.6 is 0 Å². The fourth-order valence-electron chi connectivity index (χ4n) is 0.925. The summed E-state index contributed by atoms with van der Waals surface area (Å²) in [5.74, 6) is 5.66. The van der Waals surface area contributed by atoms with E-state index in [1.165, 1.54) is 0 Å². The van der Waals surface area contributed by atoms with Gasteiger partial charge in [0.05, 0.1) is 0 Å². The summed E-state index contributed by atoms with van der Waals surface area (Å²) in [6.07, 6.45) is 0. The Bertz CT molecular complexity index is 205. The number of nitrogens with zero attached hydrogens (tertiary/aromatic N) is 1. The van der Waals surface area contributed by atoms with Crippen LogP contribution in [0.5, 0.6) is 0 Å². The fraction of sp³-hybridized carbons (Fsp3) is 0.667. The van der Waals surface area contributed by atoms with Crippen molar-refractivity contribution in [2.45, 2.75) is 20.8 Å². The van der Waals surface area contributed by atoms with Gasteiger partial charge in [0.25, 0.3) is 0 Å². The van der Waals surface area contributed by atoms with E-state index in [0.29, 0.717) is 0 Å². The van der Waals surface area contributed by atoms with Crippen LogP contribution in [0.15, 0.2) is 0 Å². The SMILES string of the molecule is CC#CC(C)(C)C(=O)N(C)C. The van der Waals surface area contributed by atoms with E-state index in [-0.39, 0.29) is 5.91 Å². The van der Waals surface area contributed by atoms with Crippen LogP contribution in [-0.2, 0) is 4.79 Å². The van der Waals surface area contributed by atoms with Crippen molar-refractivity contribution in [2.75, 3.05) is 14.1 Å². The van der Waals surface area contributed by atoms with Gasteiger partial charge in [0, 0.05) is 14.1 Å². The number of carbonyl (C=O) groups excluding carboxylic acids is 1. The first kappa shape index (κ1) is 10.0. The molecule has 0 bridgehead atoms. The lowest BCUT2D eigenvalue weighted by Crippen LogP contribution is -2.34. The Labute approximate surface area is 68.6 Å². The maximum Gasteiger partial charge on any atom is 0.239 e. The minimum absolute atomic E-state index is 0.0480. The van der Waals surface area contributed by atoms with E-state index in [4.69, 9.17) is 0 Å². The van der Waals surface area contributed by atoms with Crippen LogP contribution in [0.1, 0.15) is 20.8 Å². The highest BCUT2D eigenvalue weighted by atomic mass is 16.2. The van der Waals surface area contributed by atoms with Crippen molar-refractivity contribution in [2.24, 2.45) is 5.41 Å². The number of carbonyl (C=O) groups is 1. The van der Waals surface area contributed by atoms with E-state index in [9.17, 15) is 4.79 Å². The highest BCUT2D eigenvalue weighted by molar-refractivity contribution is 5.84. The molecule has 0 aliphatic carbocycles. The van der Waals surface area contributed by atoms with Crippen LogP contribution in [0.4, 0.5) is 0 Å². The number of amides is 1. The van der Waals surface area contributed by atoms with Crippen LogP contribution < -0.4 is 0 Å². The summed E-state index contributed by atoms with van der Waals surface area (Å²) in [6.45, 7) is 5.39. The lowest BCUT2D eigenvalue weighted by atomic mass is 9.93. The molecule has 0 unspecified atom stereocenters. The van der Waals surface area contributed by atoms with Gasteiger partial charge in [-0.2, -0.15) is 0 Å². The first-order valence-corrected chi connectivity index (χ1v) is 3.57. The quantitative estimate of drug-likeness (QED) is 0.517. The van der Waals surface area contributed by atoms with Crippen molar-refractivity contribution < 1.29 is 4.79 Å². The molecule has 0 aromatic carbocycles. The van der Waals surface area contributed by atoms with Gasteiger partial charge in [-0.1, -0.05) is 5.92 Å². The Morgan fingerprint density at radius 1 is 1.36 bits per heavy atom. The molecule has 0 heterocycles. The van der Waals surface area contributed by atoms with E-state index in [0.717, 1.165) is 0 Å². The Hall–Kier alpha value is -0.970. The van der Waals surface area contributed by atoms with E-state index < -0.39 is 5.41 Å². The van der Waals surface area contributed by atoms with Crippen LogP contribution in [-0.4, -0.2) is 24.9 Å². The third-order valence-corrected chi connectivity index (χ3v) is 1.38. The molecule has 0 saturated heterocycles. The van der Waals surface area contributed by atoms with E-state index in [2.05, 4.69) is 11.8 Å². The monoisotopic (exact) mass is 153 g/mol. The molecule has 0 rings (SSSR count). The zero-order valence-corrected chi connectivity index (χ0v) is 7.86. The zero-order valence-electron chi connectivity index (χ0n) is 7.86. The topological polar surface area (TPSA) is 20.3 Å². The average Bonchev–Trinajstić information content (AvgIpc) is 1.86. The smallest absolute Gasteiger partial charge is 0.239 e. The molecule has 2 nitrogen and oxygen atoms in total. The van der Waals surface area contributed by atoms with Gasteiger partial charge in [0.1, 0.15) is 5.41 Å². The Kier molecular flexibility index (Phi) is 3.13. The highest BCUT2D eigenvalue weighted by Gasteiger charge is 2.26. The van der Waals surface area contributed by atoms with Gasteiger partial charge in [-0.25, -0.2) is 0 Å². The van der Waals surface area contributed by atoms with Crippen molar-refractivity contribution in [3.63, 3.8) is 0 Å². The van der Waals surface area contributed by atoms with Crippen molar-refractivity contribution in [1.29, 1.82) is 0 Å². The molecular formula is C9H15NO. The Morgan fingerprint density at radius 2 is 1.82 bits per heavy atom. The molecule has 0 fully saturated rings. The van der Waals surface area contributed by atoms with Gasteiger partial charge in [-0.15, -0.1) is 5.92 Å². The molecule has 0 N–H and O–H groups in total. The Morgan fingerprint density at radius 3 is 2.09 bits per heavy atom. The summed E-state index contributed by atoms with van der Waals surface area (Å²) in [7, 11) is 3.48. The van der Waals surface area contributed by atoms with E-state index in [1.807, 2.05) is 13.8 Å². The van der Waals surface area contributed by atoms with Gasteiger partial charge in [0.15, 0.2) is 0 Å². The largest absolute Gasteiger partial charge is 0.348 e. The van der Waals surface area contributed by atoms with Crippen molar-refractivity contribution in [1.82, 2.24) is 4.90 Å². The zero-order chi connectivity index (χ0) is 9.07. The predicted molar refractivity (Wildman–Crippen MR) is 45.9 cm³/mol. The lowest BCUT2D eigenvalue weighted by Gasteiger charge is -2.21. The summed E-state index contributed by atoms with van der Waals surface area (Å²) in [6, 6.07) is 0. The normalized spacial score (nSPS) is 9.91. The number of rotatable bonds is 1. The van der Waals surface area contributed by atoms with Crippen LogP contribution in [0.3, 0.4) is 0 Å². The molecule has 11 heavy (non-hydrogen) atoms. The minimum atomic E-state index is -0.543. The molecule has 0 aliphatic heterocycles. The second kappa shape index (κ2) is 3.43. The second-order valence-corrected chi connectivity index (χ2v) is 3.20. The molecule has 2 heteroatoms. The molecule has 0 aliphatic rings. The predicted octanol–water partition coefficient (Wildman–Crippen LogP) is 1.12. The van der Waals surface area contributed by atoms with Gasteiger partial charge in [0.2, 0.25) is 5.91 Å². The summed E-state index contributed by atoms with van der Waals surface area (Å²) >= 11 is 0. The summed E-state index contributed by atoms with van der Waals surface area (Å²) < 4.78 is 0. The maximum atomic E-state index is 11.4. The first-order chi connectivity index (χ1) is 4.91. The van der Waals surface area contributed by atoms with Gasteiger partial charge >= 0.3 is 0 Å². The van der Waals surface area contributed by atoms with Gasteiger partial charge < -0.3 is 4.90 Å². The third kappa shape index (κ3) is 2.63. The molecule has 0 saturated carbocycles. The second-order valence-electron chi connectivity index (χ2n) is 3.20. The van der Waals surface area contributed by atoms with Crippen LogP contribution in [0.2, 0.25) is 0 Å². The maximum absolute atomic E-state index is 11.4. The van der Waals surface area contributed by atoms with E-state index in [1.54, 1.807) is 25.9 Å². The first-order valence-electron chi connectivity index (χ1n) is 3.57. The lowest BCUT2D eigenvalue weighted by molar-refractivity contribution is -0.134. The standard InChI is InChI=1S/C9H15NO/c1-6-7-9(2,3)8(11)10(4)5/h1-5H3. The summed E-state index contributed by atoms with van der Waals surface area (Å²) in [5.41, 5.74) is -0.543. The number of hydrogen-bond acceptors (Lipinski definition) is 1. The fourth-order valence-corrected chi connectivity index (χ4v) is 0.925. The summed E-state index contributed by atoms with van der Waals surface area (Å²) in [4.78, 5) is 12.9. The van der Waals surface area contributed by atoms with Crippen molar-refractivity contribution in [3.8, 4) is 11.8 Å². The van der Waals surface area contributed by atoms with Crippen molar-refractivity contribution >= 4 is 5.91 Å². The Balaban J connectivity index is 4.51. The van der Waals surface area contributed by atoms with Crippen LogP contribution in [0, 0.1) is 17.3 Å². The molecule has 0 radical (unpaired) electrons. The van der Waals surface area contributed by atoms with Crippen molar-refractivity contribution in [3.05, 3.63) is 0 Å². The molecule has 0 atom stereocenters. The van der Waals surface area contributed by atoms with Gasteiger partial charge in [-0.05, 0) is 20.8 Å². The summed E-state index contributed by atoms with van der Waals surface area (Å²) in [5, 5.41) is 0. The highest BCUT2D eigenvalue weighted by Crippen LogP contribution is 2.15. The molecular weight excluding hydrogens is 138 g/mol. The molecule has 0 spiro atoms. The molecule has 62 valence electrons.